The maximum atomic E-state index is 5.58. The summed E-state index contributed by atoms with van der Waals surface area (Å²) in [5.41, 5.74) is 5.58. The zero-order valence-electron chi connectivity index (χ0n) is 10.8. The van der Waals surface area contributed by atoms with Gasteiger partial charge in [0.15, 0.2) is 0 Å². The number of anilines is 2. The van der Waals surface area contributed by atoms with E-state index in [-0.39, 0.29) is 0 Å². The number of nitrogens with two attached hydrogens (primary N) is 1. The maximum Gasteiger partial charge on any atom is 0.226 e. The van der Waals surface area contributed by atoms with Gasteiger partial charge in [0.2, 0.25) is 5.95 Å². The van der Waals surface area contributed by atoms with E-state index in [1.165, 1.54) is 12.8 Å². The fraction of sp³-hybridized carbons (Fsp3) is 0.583. The standard InChI is InChI=1S/C12H19N5S/c1-16(2)12-14-7-5-11(15-12)17(9-3-4-9)8-6-10(13)18/h5,7,9H,3-4,6,8H2,1-2H3,(H2,13,18). The highest BCUT2D eigenvalue weighted by Gasteiger charge is 2.30. The molecule has 1 aromatic rings. The van der Waals surface area contributed by atoms with Gasteiger partial charge in [-0.25, -0.2) is 4.98 Å². The van der Waals surface area contributed by atoms with Crippen LogP contribution in [-0.4, -0.2) is 41.6 Å². The van der Waals surface area contributed by atoms with Gasteiger partial charge >= 0.3 is 0 Å². The zero-order valence-corrected chi connectivity index (χ0v) is 11.7. The van der Waals surface area contributed by atoms with Crippen LogP contribution in [0.5, 0.6) is 0 Å². The van der Waals surface area contributed by atoms with Gasteiger partial charge in [-0.15, -0.1) is 0 Å². The number of thiocarbonyl (C=S) groups is 1. The van der Waals surface area contributed by atoms with Gasteiger partial charge in [0, 0.05) is 39.3 Å². The number of hydrogen-bond donors (Lipinski definition) is 1. The van der Waals surface area contributed by atoms with Crippen LogP contribution in [0.4, 0.5) is 11.8 Å². The molecule has 1 aromatic heterocycles. The van der Waals surface area contributed by atoms with Crippen LogP contribution in [0, 0.1) is 0 Å². The van der Waals surface area contributed by atoms with Crippen LogP contribution in [0.1, 0.15) is 19.3 Å². The Bertz CT molecular complexity index is 430. The minimum atomic E-state index is 0.558. The predicted molar refractivity (Wildman–Crippen MR) is 78.1 cm³/mol. The Hall–Kier alpha value is -1.43. The van der Waals surface area contributed by atoms with Crippen molar-refractivity contribution in [2.45, 2.75) is 25.3 Å². The van der Waals surface area contributed by atoms with Gasteiger partial charge in [-0.05, 0) is 18.9 Å². The second kappa shape index (κ2) is 5.48. The minimum Gasteiger partial charge on any atom is -0.393 e. The van der Waals surface area contributed by atoms with Crippen molar-refractivity contribution in [2.75, 3.05) is 30.4 Å². The van der Waals surface area contributed by atoms with E-state index in [1.54, 1.807) is 6.20 Å². The molecule has 98 valence electrons. The van der Waals surface area contributed by atoms with Crippen LogP contribution in [0.3, 0.4) is 0 Å². The van der Waals surface area contributed by atoms with E-state index in [2.05, 4.69) is 14.9 Å². The predicted octanol–water partition coefficient (Wildman–Crippen LogP) is 1.19. The normalized spacial score (nSPS) is 14.3. The van der Waals surface area contributed by atoms with Crippen LogP contribution < -0.4 is 15.5 Å². The molecule has 1 aliphatic carbocycles. The Morgan fingerprint density at radius 2 is 2.22 bits per heavy atom. The lowest BCUT2D eigenvalue weighted by molar-refractivity contribution is 0.780. The summed E-state index contributed by atoms with van der Waals surface area (Å²) in [6, 6.07) is 2.54. The van der Waals surface area contributed by atoms with Crippen molar-refractivity contribution in [2.24, 2.45) is 5.73 Å². The van der Waals surface area contributed by atoms with Crippen molar-refractivity contribution in [3.05, 3.63) is 12.3 Å². The van der Waals surface area contributed by atoms with E-state index in [0.29, 0.717) is 11.0 Å². The summed E-state index contributed by atoms with van der Waals surface area (Å²) in [7, 11) is 3.88. The molecule has 1 fully saturated rings. The largest absolute Gasteiger partial charge is 0.393 e. The Morgan fingerprint density at radius 3 is 2.78 bits per heavy atom. The molecule has 1 aliphatic rings. The molecule has 0 radical (unpaired) electrons. The Kier molecular flexibility index (Phi) is 3.96. The lowest BCUT2D eigenvalue weighted by atomic mass is 10.3. The van der Waals surface area contributed by atoms with Crippen molar-refractivity contribution in [3.8, 4) is 0 Å². The molecule has 0 spiro atoms. The molecule has 2 N–H and O–H groups in total. The Labute approximate surface area is 113 Å². The number of rotatable bonds is 6. The third-order valence-corrected chi connectivity index (χ3v) is 3.11. The van der Waals surface area contributed by atoms with Gasteiger partial charge in [0.05, 0.1) is 4.99 Å². The van der Waals surface area contributed by atoms with Gasteiger partial charge in [-0.2, -0.15) is 4.98 Å². The molecule has 0 bridgehead atoms. The molecule has 1 saturated carbocycles. The summed E-state index contributed by atoms with van der Waals surface area (Å²) in [5, 5.41) is 0. The smallest absolute Gasteiger partial charge is 0.226 e. The molecule has 0 saturated heterocycles. The summed E-state index contributed by atoms with van der Waals surface area (Å²) in [5.74, 6) is 1.70. The molecule has 0 aliphatic heterocycles. The van der Waals surface area contributed by atoms with Gasteiger partial charge < -0.3 is 15.5 Å². The molecule has 0 aromatic carbocycles. The first-order chi connectivity index (χ1) is 8.58. The monoisotopic (exact) mass is 265 g/mol. The highest BCUT2D eigenvalue weighted by Crippen LogP contribution is 2.31. The van der Waals surface area contributed by atoms with E-state index in [0.717, 1.165) is 24.7 Å². The molecule has 0 atom stereocenters. The summed E-state index contributed by atoms with van der Waals surface area (Å²) >= 11 is 4.95. The molecule has 0 unspecified atom stereocenters. The molecule has 18 heavy (non-hydrogen) atoms. The van der Waals surface area contributed by atoms with E-state index in [4.69, 9.17) is 18.0 Å². The van der Waals surface area contributed by atoms with E-state index < -0.39 is 0 Å². The van der Waals surface area contributed by atoms with Crippen LogP contribution in [0.15, 0.2) is 12.3 Å². The average molecular weight is 265 g/mol. The minimum absolute atomic E-state index is 0.558. The topological polar surface area (TPSA) is 58.3 Å². The van der Waals surface area contributed by atoms with Gasteiger partial charge in [0.1, 0.15) is 5.82 Å². The fourth-order valence-corrected chi connectivity index (χ4v) is 1.91. The second-order valence-corrected chi connectivity index (χ2v) is 5.27. The fourth-order valence-electron chi connectivity index (χ4n) is 1.82. The maximum absolute atomic E-state index is 5.58. The van der Waals surface area contributed by atoms with E-state index in [1.807, 2.05) is 25.1 Å². The summed E-state index contributed by atoms with van der Waals surface area (Å²) < 4.78 is 0. The van der Waals surface area contributed by atoms with Crippen molar-refractivity contribution < 1.29 is 0 Å². The summed E-state index contributed by atoms with van der Waals surface area (Å²) in [6.07, 6.45) is 4.97. The van der Waals surface area contributed by atoms with Crippen molar-refractivity contribution in [1.82, 2.24) is 9.97 Å². The number of nitrogens with zero attached hydrogens (tertiary/aromatic N) is 4. The average Bonchev–Trinajstić information content (AvgIpc) is 3.14. The molecule has 6 heteroatoms. The molecule has 5 nitrogen and oxygen atoms in total. The summed E-state index contributed by atoms with van der Waals surface area (Å²) in [4.78, 5) is 13.6. The van der Waals surface area contributed by atoms with Gasteiger partial charge in [-0.3, -0.25) is 0 Å². The van der Waals surface area contributed by atoms with Gasteiger partial charge in [0.25, 0.3) is 0 Å². The lowest BCUT2D eigenvalue weighted by Crippen LogP contribution is -2.30. The second-order valence-electron chi connectivity index (χ2n) is 4.75. The molecular weight excluding hydrogens is 246 g/mol. The highest BCUT2D eigenvalue weighted by molar-refractivity contribution is 7.80. The summed E-state index contributed by atoms with van der Waals surface area (Å²) in [6.45, 7) is 0.837. The zero-order chi connectivity index (χ0) is 13.1. The van der Waals surface area contributed by atoms with Crippen LogP contribution in [0.25, 0.3) is 0 Å². The third-order valence-electron chi connectivity index (χ3n) is 2.91. The first-order valence-corrected chi connectivity index (χ1v) is 6.54. The first-order valence-electron chi connectivity index (χ1n) is 6.13. The highest BCUT2D eigenvalue weighted by atomic mass is 32.1. The number of aromatic nitrogens is 2. The Balaban J connectivity index is 2.14. The van der Waals surface area contributed by atoms with Crippen LogP contribution >= 0.6 is 12.2 Å². The Morgan fingerprint density at radius 1 is 1.50 bits per heavy atom. The first kappa shape index (κ1) is 13.0. The van der Waals surface area contributed by atoms with E-state index >= 15 is 0 Å². The SMILES string of the molecule is CN(C)c1nccc(N(CCC(N)=S)C2CC2)n1. The molecule has 1 heterocycles. The van der Waals surface area contributed by atoms with Crippen molar-refractivity contribution in [1.29, 1.82) is 0 Å². The van der Waals surface area contributed by atoms with Crippen molar-refractivity contribution in [3.63, 3.8) is 0 Å². The quantitative estimate of drug-likeness (QED) is 0.780. The third kappa shape index (κ3) is 3.29. The van der Waals surface area contributed by atoms with E-state index in [9.17, 15) is 0 Å². The molecule has 0 amide bonds. The number of hydrogen-bond acceptors (Lipinski definition) is 5. The van der Waals surface area contributed by atoms with Crippen LogP contribution in [0.2, 0.25) is 0 Å². The van der Waals surface area contributed by atoms with Crippen molar-refractivity contribution >= 4 is 29.0 Å². The van der Waals surface area contributed by atoms with Gasteiger partial charge in [-0.1, -0.05) is 12.2 Å². The lowest BCUT2D eigenvalue weighted by Gasteiger charge is -2.24. The molecular formula is C12H19N5S. The van der Waals surface area contributed by atoms with Crippen LogP contribution in [-0.2, 0) is 0 Å². The molecule has 2 rings (SSSR count).